The Labute approximate surface area is 209 Å². The highest BCUT2D eigenvalue weighted by atomic mass is 16.5. The maximum atomic E-state index is 12.4. The summed E-state index contributed by atoms with van der Waals surface area (Å²) in [6.45, 7) is 2.86. The van der Waals surface area contributed by atoms with Crippen molar-refractivity contribution >= 4 is 12.3 Å². The monoisotopic (exact) mass is 486 g/mol. The molecule has 35 heavy (non-hydrogen) atoms. The Hall–Kier alpha value is -2.00. The van der Waals surface area contributed by atoms with Gasteiger partial charge in [0, 0.05) is 31.6 Å². The normalized spacial score (nSPS) is 28.1. The molecule has 1 aliphatic heterocycles. The van der Waals surface area contributed by atoms with Gasteiger partial charge in [0.1, 0.15) is 0 Å². The lowest BCUT2D eigenvalue weighted by Gasteiger charge is -2.54. The Kier molecular flexibility index (Phi) is 8.16. The molecular weight excluding hydrogens is 444 g/mol. The number of rotatable bonds is 12. The van der Waals surface area contributed by atoms with Crippen LogP contribution < -0.4 is 10.6 Å². The predicted molar refractivity (Wildman–Crippen MR) is 135 cm³/mol. The van der Waals surface area contributed by atoms with Crippen LogP contribution in [0.25, 0.3) is 0 Å². The molecule has 8 heteroatoms. The second-order valence-corrected chi connectivity index (χ2v) is 11.0. The summed E-state index contributed by atoms with van der Waals surface area (Å²) in [7, 11) is 4.05. The zero-order valence-electron chi connectivity index (χ0n) is 21.3. The van der Waals surface area contributed by atoms with E-state index in [0.29, 0.717) is 39.3 Å². The van der Waals surface area contributed by atoms with Crippen LogP contribution >= 0.6 is 0 Å². The van der Waals surface area contributed by atoms with Crippen LogP contribution in [0.1, 0.15) is 56.9 Å². The van der Waals surface area contributed by atoms with Gasteiger partial charge in [-0.1, -0.05) is 30.3 Å². The first-order valence-electron chi connectivity index (χ1n) is 13.1. The van der Waals surface area contributed by atoms with Crippen LogP contribution in [0.15, 0.2) is 30.3 Å². The van der Waals surface area contributed by atoms with Crippen molar-refractivity contribution in [2.75, 3.05) is 46.9 Å². The van der Waals surface area contributed by atoms with E-state index in [1.165, 1.54) is 5.56 Å². The van der Waals surface area contributed by atoms with E-state index in [0.717, 1.165) is 51.4 Å². The highest BCUT2D eigenvalue weighted by molar-refractivity contribution is 5.76. The smallest absolute Gasteiger partial charge is 0.221 e. The van der Waals surface area contributed by atoms with E-state index in [4.69, 9.17) is 4.74 Å². The maximum absolute atomic E-state index is 12.4. The lowest BCUT2D eigenvalue weighted by molar-refractivity contribution is -0.140. The average molecular weight is 487 g/mol. The first-order chi connectivity index (χ1) is 16.8. The average Bonchev–Trinajstić information content (AvgIpc) is 2.83. The highest BCUT2D eigenvalue weighted by Crippen LogP contribution is 2.45. The first kappa shape index (κ1) is 26.1. The third kappa shape index (κ3) is 5.88. The minimum absolute atomic E-state index is 0.0390. The number of nitrogens with one attached hydrogen (secondary N) is 2. The number of carbonyl (C=O) groups excluding carboxylic acids is 2. The standard InChI is InChI=1S/C27H42N4O4/c1-28-27(22-7-4-3-5-8-22)14-12-25(13-15-27,31(21-32)20-26(34)10-6-11-26)19-30(2)16-9-24(33)29-23-17-35-18-23/h3-5,7-8,21,23,28,34H,6,9-20H2,1-2H3,(H,29,33). The molecule has 1 aromatic rings. The second kappa shape index (κ2) is 10.9. The Morgan fingerprint density at radius 1 is 1.11 bits per heavy atom. The number of carbonyl (C=O) groups is 2. The summed E-state index contributed by atoms with van der Waals surface area (Å²) < 4.78 is 5.14. The quantitative estimate of drug-likeness (QED) is 0.389. The Bertz CT molecular complexity index is 848. The SMILES string of the molecule is CNC1(c2ccccc2)CCC(CN(C)CCC(=O)NC2COC2)(N(C=O)CC2(O)CCC2)CC1. The molecule has 3 fully saturated rings. The van der Waals surface area contributed by atoms with Crippen LogP contribution in [-0.2, 0) is 19.9 Å². The summed E-state index contributed by atoms with van der Waals surface area (Å²) in [5.74, 6) is 0.0390. The number of amides is 2. The molecular formula is C27H42N4O4. The lowest BCUT2D eigenvalue weighted by atomic mass is 9.68. The van der Waals surface area contributed by atoms with E-state index in [2.05, 4.69) is 39.8 Å². The fraction of sp³-hybridized carbons (Fsp3) is 0.704. The number of hydrogen-bond acceptors (Lipinski definition) is 6. The van der Waals surface area contributed by atoms with Crippen LogP contribution in [0.5, 0.6) is 0 Å². The van der Waals surface area contributed by atoms with Gasteiger partial charge in [-0.05, 0) is 64.6 Å². The molecule has 0 aromatic heterocycles. The molecule has 1 heterocycles. The minimum atomic E-state index is -0.770. The van der Waals surface area contributed by atoms with Crippen molar-refractivity contribution in [3.8, 4) is 0 Å². The van der Waals surface area contributed by atoms with Gasteiger partial charge >= 0.3 is 0 Å². The Morgan fingerprint density at radius 3 is 2.31 bits per heavy atom. The van der Waals surface area contributed by atoms with Crippen molar-refractivity contribution < 1.29 is 19.4 Å². The maximum Gasteiger partial charge on any atom is 0.221 e. The van der Waals surface area contributed by atoms with Crippen LogP contribution in [0.4, 0.5) is 0 Å². The molecule has 3 aliphatic rings. The molecule has 0 radical (unpaired) electrons. The largest absolute Gasteiger partial charge is 0.388 e. The molecule has 0 bridgehead atoms. The molecule has 0 atom stereocenters. The predicted octanol–water partition coefficient (Wildman–Crippen LogP) is 1.62. The fourth-order valence-corrected chi connectivity index (χ4v) is 5.99. The molecule has 8 nitrogen and oxygen atoms in total. The third-order valence-corrected chi connectivity index (χ3v) is 8.61. The summed E-state index contributed by atoms with van der Waals surface area (Å²) in [6, 6.07) is 10.7. The van der Waals surface area contributed by atoms with Gasteiger partial charge < -0.3 is 30.3 Å². The van der Waals surface area contributed by atoms with Crippen LogP contribution in [0.2, 0.25) is 0 Å². The van der Waals surface area contributed by atoms with Crippen molar-refractivity contribution in [3.05, 3.63) is 35.9 Å². The number of benzene rings is 1. The fourth-order valence-electron chi connectivity index (χ4n) is 5.99. The van der Waals surface area contributed by atoms with E-state index in [1.807, 2.05) is 25.1 Å². The van der Waals surface area contributed by atoms with Gasteiger partial charge in [-0.15, -0.1) is 0 Å². The van der Waals surface area contributed by atoms with Gasteiger partial charge in [-0.2, -0.15) is 0 Å². The minimum Gasteiger partial charge on any atom is -0.388 e. The van der Waals surface area contributed by atoms with E-state index < -0.39 is 5.60 Å². The third-order valence-electron chi connectivity index (χ3n) is 8.61. The van der Waals surface area contributed by atoms with Crippen LogP contribution in [0, 0.1) is 0 Å². The molecule has 0 unspecified atom stereocenters. The van der Waals surface area contributed by atoms with E-state index in [9.17, 15) is 14.7 Å². The first-order valence-corrected chi connectivity index (χ1v) is 13.1. The summed E-state index contributed by atoms with van der Waals surface area (Å²) in [5.41, 5.74) is -0.00394. The summed E-state index contributed by atoms with van der Waals surface area (Å²) >= 11 is 0. The van der Waals surface area contributed by atoms with Gasteiger partial charge in [-0.25, -0.2) is 0 Å². The van der Waals surface area contributed by atoms with Gasteiger partial charge in [0.05, 0.1) is 30.4 Å². The van der Waals surface area contributed by atoms with E-state index in [1.54, 1.807) is 0 Å². The molecule has 3 N–H and O–H groups in total. The lowest BCUT2D eigenvalue weighted by Crippen LogP contribution is -2.63. The van der Waals surface area contributed by atoms with Gasteiger partial charge in [0.25, 0.3) is 0 Å². The zero-order chi connectivity index (χ0) is 24.9. The van der Waals surface area contributed by atoms with Crippen molar-refractivity contribution in [2.45, 2.75) is 74.1 Å². The Balaban J connectivity index is 1.46. The number of ether oxygens (including phenoxy) is 1. The second-order valence-electron chi connectivity index (χ2n) is 11.0. The molecule has 2 aliphatic carbocycles. The molecule has 2 amide bonds. The molecule has 4 rings (SSSR count). The topological polar surface area (TPSA) is 94.1 Å². The van der Waals surface area contributed by atoms with Crippen LogP contribution in [0.3, 0.4) is 0 Å². The number of aliphatic hydroxyl groups is 1. The van der Waals surface area contributed by atoms with Gasteiger partial charge in [0.2, 0.25) is 12.3 Å². The number of hydrogen-bond donors (Lipinski definition) is 3. The van der Waals surface area contributed by atoms with Crippen molar-refractivity contribution in [1.29, 1.82) is 0 Å². The summed E-state index contributed by atoms with van der Waals surface area (Å²) in [6.07, 6.45) is 7.31. The number of β-amino-alcohol motifs (C(OH)–C–C–N with tert-alkyl or cyclic N) is 1. The highest BCUT2D eigenvalue weighted by Gasteiger charge is 2.49. The molecule has 2 saturated carbocycles. The zero-order valence-corrected chi connectivity index (χ0v) is 21.3. The van der Waals surface area contributed by atoms with Gasteiger partial charge in [-0.3, -0.25) is 9.59 Å². The van der Waals surface area contributed by atoms with E-state index >= 15 is 0 Å². The number of nitrogens with zero attached hydrogens (tertiary/aromatic N) is 2. The van der Waals surface area contributed by atoms with Gasteiger partial charge in [0.15, 0.2) is 0 Å². The summed E-state index contributed by atoms with van der Waals surface area (Å²) in [4.78, 5) is 28.8. The number of likely N-dealkylation sites (N-methyl/N-ethyl adjacent to an activating group) is 1. The van der Waals surface area contributed by atoms with Crippen molar-refractivity contribution in [3.63, 3.8) is 0 Å². The molecule has 1 aromatic carbocycles. The Morgan fingerprint density at radius 2 is 1.80 bits per heavy atom. The molecule has 1 saturated heterocycles. The van der Waals surface area contributed by atoms with Crippen molar-refractivity contribution in [2.24, 2.45) is 0 Å². The van der Waals surface area contributed by atoms with E-state index in [-0.39, 0.29) is 23.0 Å². The van der Waals surface area contributed by atoms with Crippen LogP contribution in [-0.4, -0.2) is 91.3 Å². The van der Waals surface area contributed by atoms with Crippen molar-refractivity contribution in [1.82, 2.24) is 20.4 Å². The molecule has 0 spiro atoms. The molecule has 194 valence electrons. The summed E-state index contributed by atoms with van der Waals surface area (Å²) in [5, 5.41) is 17.5.